The van der Waals surface area contributed by atoms with E-state index in [2.05, 4.69) is 10.1 Å². The zero-order valence-electron chi connectivity index (χ0n) is 10.3. The molecule has 0 spiro atoms. The topological polar surface area (TPSA) is 30.7 Å². The number of rotatable bonds is 1. The number of fused-ring (bicyclic) bond motifs is 1. The molecule has 0 radical (unpaired) electrons. The van der Waals surface area contributed by atoms with Gasteiger partial charge in [0.15, 0.2) is 0 Å². The van der Waals surface area contributed by atoms with Crippen LogP contribution < -0.4 is 0 Å². The Labute approximate surface area is 108 Å². The van der Waals surface area contributed by atoms with Crippen LogP contribution in [0.5, 0.6) is 0 Å². The van der Waals surface area contributed by atoms with Crippen molar-refractivity contribution < 1.29 is 13.2 Å². The van der Waals surface area contributed by atoms with E-state index in [4.69, 9.17) is 0 Å². The minimum absolute atomic E-state index is 0.504. The summed E-state index contributed by atoms with van der Waals surface area (Å²) in [6.45, 7) is 2.58. The van der Waals surface area contributed by atoms with Crippen molar-refractivity contribution >= 4 is 0 Å². The smallest absolute Gasteiger partial charge is 0.269 e. The van der Waals surface area contributed by atoms with Crippen LogP contribution >= 0.6 is 0 Å². The average molecular weight is 267 g/mol. The molecule has 0 fully saturated rings. The van der Waals surface area contributed by atoms with Gasteiger partial charge in [0.25, 0.3) is 0 Å². The van der Waals surface area contributed by atoms with Crippen LogP contribution in [0.25, 0.3) is 11.3 Å². The second-order valence-corrected chi connectivity index (χ2v) is 4.73. The Balaban J connectivity index is 2.08. The van der Waals surface area contributed by atoms with Gasteiger partial charge in [-0.1, -0.05) is 0 Å². The van der Waals surface area contributed by atoms with Crippen LogP contribution in [-0.2, 0) is 19.1 Å². The minimum atomic E-state index is -4.43. The Bertz CT molecular complexity index is 607. The van der Waals surface area contributed by atoms with Gasteiger partial charge in [0.1, 0.15) is 5.69 Å². The molecule has 6 heteroatoms. The summed E-state index contributed by atoms with van der Waals surface area (Å²) >= 11 is 0. The van der Waals surface area contributed by atoms with E-state index in [-0.39, 0.29) is 0 Å². The lowest BCUT2D eigenvalue weighted by Gasteiger charge is -2.09. The Morgan fingerprint density at radius 3 is 2.74 bits per heavy atom. The van der Waals surface area contributed by atoms with E-state index < -0.39 is 11.9 Å². The van der Waals surface area contributed by atoms with E-state index >= 15 is 0 Å². The number of alkyl halides is 3. The van der Waals surface area contributed by atoms with Gasteiger partial charge in [0, 0.05) is 24.0 Å². The number of aryl methyl sites for hydroxylation is 3. The number of nitrogens with zero attached hydrogens (tertiary/aromatic N) is 3. The van der Waals surface area contributed by atoms with Gasteiger partial charge in [-0.3, -0.25) is 9.67 Å². The first kappa shape index (κ1) is 12.2. The van der Waals surface area contributed by atoms with Crippen LogP contribution in [-0.4, -0.2) is 14.8 Å². The predicted octanol–water partition coefficient (Wildman–Crippen LogP) is 3.22. The molecule has 0 saturated heterocycles. The zero-order chi connectivity index (χ0) is 13.6. The third-order valence-electron chi connectivity index (χ3n) is 3.34. The molecule has 100 valence electrons. The number of pyridine rings is 1. The van der Waals surface area contributed by atoms with E-state index in [0.29, 0.717) is 16.8 Å². The van der Waals surface area contributed by atoms with Crippen LogP contribution in [0.1, 0.15) is 23.4 Å². The Hall–Kier alpha value is -1.85. The molecule has 0 atom stereocenters. The molecule has 0 bridgehead atoms. The van der Waals surface area contributed by atoms with Crippen LogP contribution in [0, 0.1) is 6.92 Å². The molecule has 0 saturated carbocycles. The van der Waals surface area contributed by atoms with Crippen LogP contribution in [0.3, 0.4) is 0 Å². The average Bonchev–Trinajstić information content (AvgIpc) is 2.88. The second-order valence-electron chi connectivity index (χ2n) is 4.73. The fraction of sp³-hybridized carbons (Fsp3) is 0.385. The quantitative estimate of drug-likeness (QED) is 0.794. The van der Waals surface area contributed by atoms with E-state index in [0.717, 1.165) is 31.1 Å². The van der Waals surface area contributed by atoms with E-state index in [1.807, 2.05) is 10.7 Å². The monoisotopic (exact) mass is 267 g/mol. The zero-order valence-corrected chi connectivity index (χ0v) is 10.3. The SMILES string of the molecule is Cc1cnc(C(F)(F)F)cc1-c1cc2n(n1)CCC2. The van der Waals surface area contributed by atoms with Crippen molar-refractivity contribution in [3.05, 3.63) is 35.3 Å². The molecule has 3 heterocycles. The summed E-state index contributed by atoms with van der Waals surface area (Å²) in [4.78, 5) is 3.44. The Kier molecular flexibility index (Phi) is 2.62. The highest BCUT2D eigenvalue weighted by Gasteiger charge is 2.33. The Morgan fingerprint density at radius 1 is 1.26 bits per heavy atom. The summed E-state index contributed by atoms with van der Waals surface area (Å²) in [6.07, 6.45) is -1.19. The van der Waals surface area contributed by atoms with Gasteiger partial charge >= 0.3 is 6.18 Å². The summed E-state index contributed by atoms with van der Waals surface area (Å²) in [5, 5.41) is 4.37. The van der Waals surface area contributed by atoms with Crippen molar-refractivity contribution in [1.82, 2.24) is 14.8 Å². The molecule has 2 aromatic rings. The highest BCUT2D eigenvalue weighted by Crippen LogP contribution is 2.32. The van der Waals surface area contributed by atoms with Crippen molar-refractivity contribution in [2.45, 2.75) is 32.5 Å². The van der Waals surface area contributed by atoms with Crippen molar-refractivity contribution in [3.8, 4) is 11.3 Å². The van der Waals surface area contributed by atoms with Gasteiger partial charge in [-0.2, -0.15) is 18.3 Å². The maximum absolute atomic E-state index is 12.7. The molecule has 0 unspecified atom stereocenters. The van der Waals surface area contributed by atoms with Gasteiger partial charge in [0.2, 0.25) is 0 Å². The van der Waals surface area contributed by atoms with Crippen molar-refractivity contribution in [2.75, 3.05) is 0 Å². The number of aromatic nitrogens is 3. The van der Waals surface area contributed by atoms with Gasteiger partial charge in [-0.15, -0.1) is 0 Å². The molecule has 3 rings (SSSR count). The van der Waals surface area contributed by atoms with Crippen LogP contribution in [0.15, 0.2) is 18.3 Å². The third kappa shape index (κ3) is 2.11. The standard InChI is InChI=1S/C13H12F3N3/c1-8-7-17-12(13(14,15)16)6-10(8)11-5-9-3-2-4-19(9)18-11/h5-7H,2-4H2,1H3. The largest absolute Gasteiger partial charge is 0.433 e. The molecule has 0 aliphatic carbocycles. The highest BCUT2D eigenvalue weighted by molar-refractivity contribution is 5.64. The fourth-order valence-corrected chi connectivity index (χ4v) is 2.35. The fourth-order valence-electron chi connectivity index (χ4n) is 2.35. The highest BCUT2D eigenvalue weighted by atomic mass is 19.4. The molecular weight excluding hydrogens is 255 g/mol. The van der Waals surface area contributed by atoms with Crippen molar-refractivity contribution in [3.63, 3.8) is 0 Å². The molecule has 0 amide bonds. The number of hydrogen-bond donors (Lipinski definition) is 0. The van der Waals surface area contributed by atoms with Gasteiger partial charge in [0.05, 0.1) is 5.69 Å². The maximum atomic E-state index is 12.7. The van der Waals surface area contributed by atoms with Gasteiger partial charge in [-0.25, -0.2) is 0 Å². The molecule has 0 aromatic carbocycles. The lowest BCUT2D eigenvalue weighted by molar-refractivity contribution is -0.141. The molecule has 19 heavy (non-hydrogen) atoms. The van der Waals surface area contributed by atoms with E-state index in [1.165, 1.54) is 6.20 Å². The minimum Gasteiger partial charge on any atom is -0.269 e. The van der Waals surface area contributed by atoms with Crippen LogP contribution in [0.4, 0.5) is 13.2 Å². The molecule has 1 aliphatic rings. The summed E-state index contributed by atoms with van der Waals surface area (Å²) in [5.74, 6) is 0. The first-order valence-corrected chi connectivity index (χ1v) is 6.06. The first-order chi connectivity index (χ1) is 8.95. The molecule has 1 aliphatic heterocycles. The molecule has 0 N–H and O–H groups in total. The van der Waals surface area contributed by atoms with Crippen LogP contribution in [0.2, 0.25) is 0 Å². The summed E-state index contributed by atoms with van der Waals surface area (Å²) in [5.41, 5.74) is 2.01. The summed E-state index contributed by atoms with van der Waals surface area (Å²) in [6, 6.07) is 2.95. The second kappa shape index (κ2) is 4.08. The number of hydrogen-bond acceptors (Lipinski definition) is 2. The lowest BCUT2D eigenvalue weighted by atomic mass is 10.1. The van der Waals surface area contributed by atoms with Crippen molar-refractivity contribution in [1.29, 1.82) is 0 Å². The van der Waals surface area contributed by atoms with Gasteiger partial charge in [-0.05, 0) is 37.5 Å². The van der Waals surface area contributed by atoms with E-state index in [1.54, 1.807) is 6.92 Å². The van der Waals surface area contributed by atoms with Gasteiger partial charge < -0.3 is 0 Å². The molecular formula is C13H12F3N3. The normalized spacial score (nSPS) is 14.7. The third-order valence-corrected chi connectivity index (χ3v) is 3.34. The maximum Gasteiger partial charge on any atom is 0.433 e. The summed E-state index contributed by atoms with van der Waals surface area (Å²) < 4.78 is 39.9. The molecule has 3 nitrogen and oxygen atoms in total. The number of halogens is 3. The Morgan fingerprint density at radius 2 is 2.05 bits per heavy atom. The first-order valence-electron chi connectivity index (χ1n) is 6.06. The van der Waals surface area contributed by atoms with Crippen molar-refractivity contribution in [2.24, 2.45) is 0 Å². The molecule has 2 aromatic heterocycles. The summed E-state index contributed by atoms with van der Waals surface area (Å²) in [7, 11) is 0. The predicted molar refractivity (Wildman–Crippen MR) is 63.5 cm³/mol. The lowest BCUT2D eigenvalue weighted by Crippen LogP contribution is -2.08. The van der Waals surface area contributed by atoms with E-state index in [9.17, 15) is 13.2 Å².